The molecular formula is C18H18MgO3S. The normalized spacial score (nSPS) is 11.9. The van der Waals surface area contributed by atoms with Gasteiger partial charge in [0.1, 0.15) is 4.90 Å². The molecule has 1 N–H and O–H groups in total. The second kappa shape index (κ2) is 7.01. The molecule has 0 radical (unpaired) electrons. The van der Waals surface area contributed by atoms with Crippen LogP contribution < -0.4 is 0 Å². The fourth-order valence-electron chi connectivity index (χ4n) is 2.82. The zero-order chi connectivity index (χ0) is 15.7. The molecule has 0 saturated carbocycles. The second-order valence-electron chi connectivity index (χ2n) is 5.18. The minimum atomic E-state index is -4.29. The smallest absolute Gasteiger partial charge is 1.00 e. The Kier molecular flexibility index (Phi) is 5.47. The minimum Gasteiger partial charge on any atom is -1.00 e. The second-order valence-corrected chi connectivity index (χ2v) is 6.54. The van der Waals surface area contributed by atoms with E-state index in [9.17, 15) is 13.0 Å². The van der Waals surface area contributed by atoms with E-state index in [4.69, 9.17) is 0 Å². The van der Waals surface area contributed by atoms with Gasteiger partial charge in [0.15, 0.2) is 0 Å². The Morgan fingerprint density at radius 3 is 2.39 bits per heavy atom. The quantitative estimate of drug-likeness (QED) is 0.337. The molecule has 0 saturated heterocycles. The zero-order valence-electron chi connectivity index (χ0n) is 14.9. The van der Waals surface area contributed by atoms with Crippen molar-refractivity contribution in [3.63, 3.8) is 0 Å². The van der Waals surface area contributed by atoms with Crippen LogP contribution in [-0.2, 0) is 16.5 Å². The SMILES string of the molecule is CC=CCc1ccc2c(ccc3ccccc32)c1S(=O)(=O)O.[H-].[H-].[Mg+2]. The molecule has 0 aliphatic rings. The largest absolute Gasteiger partial charge is 2.00 e. The fourth-order valence-corrected chi connectivity index (χ4v) is 3.75. The van der Waals surface area contributed by atoms with Gasteiger partial charge in [-0.3, -0.25) is 4.55 Å². The predicted molar refractivity (Wildman–Crippen MR) is 97.8 cm³/mol. The van der Waals surface area contributed by atoms with Gasteiger partial charge in [0, 0.05) is 5.39 Å². The molecule has 23 heavy (non-hydrogen) atoms. The van der Waals surface area contributed by atoms with Crippen molar-refractivity contribution in [1.82, 2.24) is 0 Å². The Balaban J connectivity index is 0.00000192. The average molecular weight is 339 g/mol. The van der Waals surface area contributed by atoms with Crippen LogP contribution in [0.25, 0.3) is 21.5 Å². The Morgan fingerprint density at radius 1 is 1.00 bits per heavy atom. The van der Waals surface area contributed by atoms with E-state index in [1.54, 1.807) is 12.1 Å². The molecule has 5 heteroatoms. The van der Waals surface area contributed by atoms with Crippen molar-refractivity contribution in [1.29, 1.82) is 0 Å². The molecule has 3 nitrogen and oxygen atoms in total. The maximum absolute atomic E-state index is 11.9. The Labute approximate surface area is 154 Å². The molecule has 0 aromatic heterocycles. The Hall–Kier alpha value is -1.40. The first-order valence-corrected chi connectivity index (χ1v) is 8.48. The van der Waals surface area contributed by atoms with Crippen molar-refractivity contribution < 1.29 is 15.8 Å². The third kappa shape index (κ3) is 3.43. The average Bonchev–Trinajstić information content (AvgIpc) is 2.50. The number of benzene rings is 3. The first-order valence-electron chi connectivity index (χ1n) is 7.04. The first kappa shape index (κ1) is 17.9. The maximum Gasteiger partial charge on any atom is 2.00 e. The summed E-state index contributed by atoms with van der Waals surface area (Å²) in [4.78, 5) is 0.00820. The van der Waals surface area contributed by atoms with Crippen LogP contribution in [-0.4, -0.2) is 36.0 Å². The molecule has 116 valence electrons. The van der Waals surface area contributed by atoms with Gasteiger partial charge in [-0.1, -0.05) is 60.7 Å². The Bertz CT molecular complexity index is 1000. The van der Waals surface area contributed by atoms with E-state index in [1.807, 2.05) is 55.5 Å². The van der Waals surface area contributed by atoms with Crippen LogP contribution in [0.3, 0.4) is 0 Å². The molecule has 3 aromatic carbocycles. The number of allylic oxidation sites excluding steroid dienone is 2. The van der Waals surface area contributed by atoms with Crippen molar-refractivity contribution in [2.75, 3.05) is 0 Å². The Morgan fingerprint density at radius 2 is 1.70 bits per heavy atom. The zero-order valence-corrected chi connectivity index (χ0v) is 15.1. The van der Waals surface area contributed by atoms with E-state index < -0.39 is 10.1 Å². The molecule has 0 aliphatic carbocycles. The van der Waals surface area contributed by atoms with Crippen molar-refractivity contribution in [3.05, 3.63) is 66.2 Å². The van der Waals surface area contributed by atoms with E-state index in [0.717, 1.165) is 16.2 Å². The number of hydrogen-bond acceptors (Lipinski definition) is 2. The summed E-state index contributed by atoms with van der Waals surface area (Å²) in [6.07, 6.45) is 4.20. The molecule has 3 aromatic rings. The molecule has 0 aliphatic heterocycles. The van der Waals surface area contributed by atoms with E-state index in [2.05, 4.69) is 0 Å². The summed E-state index contributed by atoms with van der Waals surface area (Å²) in [7, 11) is -4.29. The van der Waals surface area contributed by atoms with Gasteiger partial charge in [-0.05, 0) is 35.1 Å². The van der Waals surface area contributed by atoms with Crippen molar-refractivity contribution in [2.24, 2.45) is 0 Å². The topological polar surface area (TPSA) is 54.4 Å². The van der Waals surface area contributed by atoms with Gasteiger partial charge in [-0.15, -0.1) is 0 Å². The van der Waals surface area contributed by atoms with Crippen LogP contribution >= 0.6 is 0 Å². The van der Waals surface area contributed by atoms with Crippen LogP contribution in [0.2, 0.25) is 0 Å². The van der Waals surface area contributed by atoms with E-state index in [-0.39, 0.29) is 30.8 Å². The van der Waals surface area contributed by atoms with Crippen LogP contribution in [0.5, 0.6) is 0 Å². The minimum absolute atomic E-state index is 0. The van der Waals surface area contributed by atoms with Gasteiger partial charge in [-0.25, -0.2) is 0 Å². The number of hydrogen-bond donors (Lipinski definition) is 1. The van der Waals surface area contributed by atoms with Crippen molar-refractivity contribution >= 4 is 54.7 Å². The molecule has 0 fully saturated rings. The molecular weight excluding hydrogens is 321 g/mol. The predicted octanol–water partition coefficient (Wildman–Crippen LogP) is 4.20. The first-order chi connectivity index (χ1) is 10.5. The summed E-state index contributed by atoms with van der Waals surface area (Å²) in [6.45, 7) is 1.88. The van der Waals surface area contributed by atoms with Gasteiger partial charge in [0.05, 0.1) is 0 Å². The van der Waals surface area contributed by atoms with Gasteiger partial charge >= 0.3 is 23.1 Å². The molecule has 0 heterocycles. The van der Waals surface area contributed by atoms with Gasteiger partial charge < -0.3 is 2.85 Å². The van der Waals surface area contributed by atoms with E-state index in [1.165, 1.54) is 0 Å². The van der Waals surface area contributed by atoms with Crippen molar-refractivity contribution in [2.45, 2.75) is 18.2 Å². The fraction of sp³-hybridized carbons (Fsp3) is 0.111. The van der Waals surface area contributed by atoms with Gasteiger partial charge in [0.2, 0.25) is 0 Å². The summed E-state index contributed by atoms with van der Waals surface area (Å²) in [6, 6.07) is 15.1. The summed E-state index contributed by atoms with van der Waals surface area (Å²) >= 11 is 0. The van der Waals surface area contributed by atoms with E-state index >= 15 is 0 Å². The van der Waals surface area contributed by atoms with Gasteiger partial charge in [0.25, 0.3) is 10.1 Å². The van der Waals surface area contributed by atoms with Crippen LogP contribution in [0.15, 0.2) is 65.6 Å². The molecule has 0 spiro atoms. The number of fused-ring (bicyclic) bond motifs is 3. The summed E-state index contributed by atoms with van der Waals surface area (Å²) in [5.74, 6) is 0. The van der Waals surface area contributed by atoms with Crippen molar-refractivity contribution in [3.8, 4) is 0 Å². The summed E-state index contributed by atoms with van der Waals surface area (Å²) < 4.78 is 33.5. The third-order valence-corrected chi connectivity index (χ3v) is 4.79. The van der Waals surface area contributed by atoms with E-state index in [0.29, 0.717) is 17.4 Å². The standard InChI is InChI=1S/C18H16O3S.Mg.2H/c1-2-3-6-14-10-11-16-15-8-5-4-7-13(15)9-12-17(16)18(14)22(19,20)21;;;/h2-5,7-12H,6H2,1H3,(H,19,20,21);;;/q;+2;2*-1. The maximum atomic E-state index is 11.9. The third-order valence-electron chi connectivity index (χ3n) is 3.79. The summed E-state index contributed by atoms with van der Waals surface area (Å²) in [5, 5.41) is 3.40. The van der Waals surface area contributed by atoms with Crippen LogP contribution in [0, 0.1) is 0 Å². The molecule has 0 atom stereocenters. The van der Waals surface area contributed by atoms with Crippen LogP contribution in [0.1, 0.15) is 15.3 Å². The van der Waals surface area contributed by atoms with Gasteiger partial charge in [-0.2, -0.15) is 8.42 Å². The number of rotatable bonds is 3. The monoisotopic (exact) mass is 338 g/mol. The molecule has 0 unspecified atom stereocenters. The molecule has 3 rings (SSSR count). The molecule has 0 amide bonds. The molecule has 0 bridgehead atoms. The van der Waals surface area contributed by atoms with Crippen LogP contribution in [0.4, 0.5) is 0 Å². The summed E-state index contributed by atoms with van der Waals surface area (Å²) in [5.41, 5.74) is 0.600.